The fourth-order valence-corrected chi connectivity index (χ4v) is 5.44. The Morgan fingerprint density at radius 2 is 1.63 bits per heavy atom. The van der Waals surface area contributed by atoms with Gasteiger partial charge in [0.15, 0.2) is 0 Å². The van der Waals surface area contributed by atoms with Gasteiger partial charge in [-0.1, -0.05) is 35.9 Å². The average molecular weight is 558 g/mol. The maximum atomic E-state index is 13.8. The van der Waals surface area contributed by atoms with Crippen molar-refractivity contribution in [3.63, 3.8) is 0 Å². The minimum Gasteiger partial charge on any atom is -0.494 e. The van der Waals surface area contributed by atoms with Crippen LogP contribution in [0.15, 0.2) is 77.7 Å². The van der Waals surface area contributed by atoms with Crippen LogP contribution in [-0.2, 0) is 26.2 Å². The normalized spacial score (nSPS) is 11.9. The Balaban J connectivity index is 2.04. The number of benzene rings is 3. The standard InChI is InChI=1S/C28H32ClN3O5S/c1-5-37-25-14-12-24(13-15-25)32(38(35,36)26-16-10-23(29)11-17-26)19-27(33)31(21(3)28(34)30-4)18-22-9-7-6-8-20(22)2/h6-17,21H,5,18-19H2,1-4H3,(H,30,34). The number of carbonyl (C=O) groups excluding carboxylic acids is 2. The van der Waals surface area contributed by atoms with Crippen LogP contribution in [0.2, 0.25) is 5.02 Å². The second-order valence-corrected chi connectivity index (χ2v) is 10.9. The van der Waals surface area contributed by atoms with Crippen molar-refractivity contribution < 1.29 is 22.7 Å². The number of hydrogen-bond donors (Lipinski definition) is 1. The number of rotatable bonds is 11. The molecule has 0 saturated carbocycles. The van der Waals surface area contributed by atoms with Crippen molar-refractivity contribution in [2.24, 2.45) is 0 Å². The Hall–Kier alpha value is -3.56. The molecular formula is C28H32ClN3O5S. The lowest BCUT2D eigenvalue weighted by Crippen LogP contribution is -2.50. The second kappa shape index (κ2) is 12.8. The summed E-state index contributed by atoms with van der Waals surface area (Å²) in [5.74, 6) is -0.322. The third kappa shape index (κ3) is 6.85. The summed E-state index contributed by atoms with van der Waals surface area (Å²) >= 11 is 5.98. The summed E-state index contributed by atoms with van der Waals surface area (Å²) in [6.45, 7) is 5.45. The molecule has 0 aliphatic carbocycles. The molecule has 3 aromatic rings. The highest BCUT2D eigenvalue weighted by atomic mass is 35.5. The number of sulfonamides is 1. The second-order valence-electron chi connectivity index (χ2n) is 8.63. The van der Waals surface area contributed by atoms with E-state index in [9.17, 15) is 18.0 Å². The van der Waals surface area contributed by atoms with E-state index in [1.807, 2.05) is 38.1 Å². The van der Waals surface area contributed by atoms with E-state index in [2.05, 4.69) is 5.32 Å². The first-order valence-corrected chi connectivity index (χ1v) is 14.0. The minimum absolute atomic E-state index is 0.0200. The molecule has 8 nitrogen and oxygen atoms in total. The summed E-state index contributed by atoms with van der Waals surface area (Å²) in [6.07, 6.45) is 0. The van der Waals surface area contributed by atoms with Crippen molar-refractivity contribution >= 4 is 39.1 Å². The van der Waals surface area contributed by atoms with E-state index in [4.69, 9.17) is 16.3 Å². The summed E-state index contributed by atoms with van der Waals surface area (Å²) < 4.78 is 34.1. The van der Waals surface area contributed by atoms with E-state index in [1.165, 1.54) is 36.2 Å². The molecule has 0 spiro atoms. The molecule has 0 aromatic heterocycles. The highest BCUT2D eigenvalue weighted by molar-refractivity contribution is 7.92. The molecule has 0 radical (unpaired) electrons. The van der Waals surface area contributed by atoms with Gasteiger partial charge in [-0.05, 0) is 80.4 Å². The number of halogens is 1. The molecule has 10 heteroatoms. The van der Waals surface area contributed by atoms with E-state index in [0.29, 0.717) is 17.4 Å². The molecular weight excluding hydrogens is 526 g/mol. The van der Waals surface area contributed by atoms with Crippen LogP contribution in [-0.4, -0.2) is 51.4 Å². The van der Waals surface area contributed by atoms with E-state index in [1.54, 1.807) is 31.2 Å². The maximum Gasteiger partial charge on any atom is 0.264 e. The highest BCUT2D eigenvalue weighted by Gasteiger charge is 2.32. The first kappa shape index (κ1) is 29.0. The Morgan fingerprint density at radius 1 is 1.00 bits per heavy atom. The smallest absolute Gasteiger partial charge is 0.264 e. The zero-order chi connectivity index (χ0) is 27.9. The van der Waals surface area contributed by atoms with Crippen molar-refractivity contribution in [2.75, 3.05) is 24.5 Å². The number of anilines is 1. The summed E-state index contributed by atoms with van der Waals surface area (Å²) in [5.41, 5.74) is 2.08. The van der Waals surface area contributed by atoms with Crippen LogP contribution < -0.4 is 14.4 Å². The number of likely N-dealkylation sites (N-methyl/N-ethyl adjacent to an activating group) is 1. The topological polar surface area (TPSA) is 96.0 Å². The van der Waals surface area contributed by atoms with Gasteiger partial charge in [-0.25, -0.2) is 8.42 Å². The fraction of sp³-hybridized carbons (Fsp3) is 0.286. The van der Waals surface area contributed by atoms with Gasteiger partial charge in [0.05, 0.1) is 17.2 Å². The molecule has 1 unspecified atom stereocenters. The lowest BCUT2D eigenvalue weighted by Gasteiger charge is -2.32. The number of aryl methyl sites for hydroxylation is 1. The van der Waals surface area contributed by atoms with E-state index in [-0.39, 0.29) is 23.0 Å². The molecule has 0 aliphatic rings. The van der Waals surface area contributed by atoms with E-state index in [0.717, 1.165) is 15.4 Å². The molecule has 0 aliphatic heterocycles. The average Bonchev–Trinajstić information content (AvgIpc) is 2.91. The van der Waals surface area contributed by atoms with Gasteiger partial charge in [0.1, 0.15) is 18.3 Å². The Morgan fingerprint density at radius 3 is 2.21 bits per heavy atom. The molecule has 3 aromatic carbocycles. The zero-order valence-electron chi connectivity index (χ0n) is 21.8. The maximum absolute atomic E-state index is 13.8. The van der Waals surface area contributed by atoms with Crippen molar-refractivity contribution in [1.82, 2.24) is 10.2 Å². The van der Waals surface area contributed by atoms with Crippen molar-refractivity contribution in [3.8, 4) is 5.75 Å². The summed E-state index contributed by atoms with van der Waals surface area (Å²) in [7, 11) is -2.68. The molecule has 1 N–H and O–H groups in total. The Kier molecular flexibility index (Phi) is 9.77. The van der Waals surface area contributed by atoms with Gasteiger partial charge in [-0.3, -0.25) is 13.9 Å². The van der Waals surface area contributed by atoms with E-state index >= 15 is 0 Å². The number of ether oxygens (including phenoxy) is 1. The predicted molar refractivity (Wildman–Crippen MR) is 149 cm³/mol. The first-order chi connectivity index (χ1) is 18.1. The number of hydrogen-bond acceptors (Lipinski definition) is 5. The van der Waals surface area contributed by atoms with Crippen LogP contribution in [0, 0.1) is 6.92 Å². The van der Waals surface area contributed by atoms with Gasteiger partial charge in [0.2, 0.25) is 11.8 Å². The molecule has 0 saturated heterocycles. The van der Waals surface area contributed by atoms with Crippen LogP contribution in [0.1, 0.15) is 25.0 Å². The molecule has 1 atom stereocenters. The number of amides is 2. The van der Waals surface area contributed by atoms with Crippen LogP contribution in [0.3, 0.4) is 0 Å². The minimum atomic E-state index is -4.17. The lowest BCUT2D eigenvalue weighted by molar-refractivity contribution is -0.139. The summed E-state index contributed by atoms with van der Waals surface area (Å²) in [6, 6.07) is 18.9. The zero-order valence-corrected chi connectivity index (χ0v) is 23.4. The van der Waals surface area contributed by atoms with E-state index < -0.39 is 28.5 Å². The quantitative estimate of drug-likeness (QED) is 0.377. The first-order valence-electron chi connectivity index (χ1n) is 12.1. The Bertz CT molecular complexity index is 1360. The monoisotopic (exact) mass is 557 g/mol. The molecule has 0 fully saturated rings. The van der Waals surface area contributed by atoms with Gasteiger partial charge < -0.3 is 15.0 Å². The predicted octanol–water partition coefficient (Wildman–Crippen LogP) is 4.41. The highest BCUT2D eigenvalue weighted by Crippen LogP contribution is 2.27. The van der Waals surface area contributed by atoms with Crippen molar-refractivity contribution in [3.05, 3.63) is 88.9 Å². The molecule has 2 amide bonds. The molecule has 38 heavy (non-hydrogen) atoms. The van der Waals surface area contributed by atoms with Crippen LogP contribution in [0.4, 0.5) is 5.69 Å². The number of nitrogens with zero attached hydrogens (tertiary/aromatic N) is 2. The lowest BCUT2D eigenvalue weighted by atomic mass is 10.1. The molecule has 3 rings (SSSR count). The fourth-order valence-electron chi connectivity index (χ4n) is 3.90. The van der Waals surface area contributed by atoms with Gasteiger partial charge in [0.25, 0.3) is 10.0 Å². The largest absolute Gasteiger partial charge is 0.494 e. The van der Waals surface area contributed by atoms with Gasteiger partial charge in [-0.15, -0.1) is 0 Å². The summed E-state index contributed by atoms with van der Waals surface area (Å²) in [5, 5.41) is 2.96. The van der Waals surface area contributed by atoms with Gasteiger partial charge in [0, 0.05) is 18.6 Å². The van der Waals surface area contributed by atoms with Crippen LogP contribution in [0.25, 0.3) is 0 Å². The van der Waals surface area contributed by atoms with Gasteiger partial charge in [-0.2, -0.15) is 0 Å². The molecule has 0 bridgehead atoms. The Labute approximate surface area is 229 Å². The SMILES string of the molecule is CCOc1ccc(N(CC(=O)N(Cc2ccccc2C)C(C)C(=O)NC)S(=O)(=O)c2ccc(Cl)cc2)cc1. The van der Waals surface area contributed by atoms with Crippen molar-refractivity contribution in [2.45, 2.75) is 38.3 Å². The molecule has 202 valence electrons. The number of carbonyl (C=O) groups is 2. The van der Waals surface area contributed by atoms with Crippen LogP contribution >= 0.6 is 11.6 Å². The van der Waals surface area contributed by atoms with Crippen LogP contribution in [0.5, 0.6) is 5.75 Å². The van der Waals surface area contributed by atoms with Crippen molar-refractivity contribution in [1.29, 1.82) is 0 Å². The third-order valence-electron chi connectivity index (χ3n) is 6.13. The van der Waals surface area contributed by atoms with Gasteiger partial charge >= 0.3 is 0 Å². The summed E-state index contributed by atoms with van der Waals surface area (Å²) in [4.78, 5) is 27.7. The number of nitrogens with one attached hydrogen (secondary N) is 1. The molecule has 0 heterocycles. The third-order valence-corrected chi connectivity index (χ3v) is 8.17.